The molecule has 2 aromatic carbocycles. The Morgan fingerprint density at radius 1 is 1.14 bits per heavy atom. The standard InChI is InChI=1S/C17H14ClNO2/c1-10-5-3-6-12(9-10)19-17(20)15-11(2)13-7-4-8-14(18)16(13)21-15/h3-9H,1-2H3,(H,19,20). The minimum atomic E-state index is -0.273. The molecule has 0 aliphatic carbocycles. The Labute approximate surface area is 127 Å². The SMILES string of the molecule is Cc1cccc(NC(=O)c2oc3c(Cl)cccc3c2C)c1. The number of halogens is 1. The summed E-state index contributed by atoms with van der Waals surface area (Å²) in [5.74, 6) is 0.0185. The second kappa shape index (κ2) is 5.26. The third-order valence-corrected chi connectivity index (χ3v) is 3.70. The van der Waals surface area contributed by atoms with Crippen LogP contribution < -0.4 is 5.32 Å². The number of fused-ring (bicyclic) bond motifs is 1. The Morgan fingerprint density at radius 2 is 1.90 bits per heavy atom. The molecule has 3 nitrogen and oxygen atoms in total. The van der Waals surface area contributed by atoms with E-state index < -0.39 is 0 Å². The van der Waals surface area contributed by atoms with Crippen LogP contribution >= 0.6 is 11.6 Å². The maximum atomic E-state index is 12.4. The van der Waals surface area contributed by atoms with Crippen LogP contribution in [0.1, 0.15) is 21.7 Å². The fourth-order valence-electron chi connectivity index (χ4n) is 2.34. The molecule has 0 unspecified atom stereocenters. The van der Waals surface area contributed by atoms with E-state index >= 15 is 0 Å². The molecule has 0 aliphatic heterocycles. The van der Waals surface area contributed by atoms with Crippen LogP contribution in [-0.2, 0) is 0 Å². The average Bonchev–Trinajstić information content (AvgIpc) is 2.78. The van der Waals surface area contributed by atoms with Gasteiger partial charge in [0.25, 0.3) is 5.91 Å². The lowest BCUT2D eigenvalue weighted by Crippen LogP contribution is -2.12. The number of carbonyl (C=O) groups is 1. The summed E-state index contributed by atoms with van der Waals surface area (Å²) < 4.78 is 5.65. The van der Waals surface area contributed by atoms with Crippen LogP contribution in [0.5, 0.6) is 0 Å². The highest BCUT2D eigenvalue weighted by Gasteiger charge is 2.19. The third kappa shape index (κ3) is 2.52. The zero-order valence-electron chi connectivity index (χ0n) is 11.7. The summed E-state index contributed by atoms with van der Waals surface area (Å²) in [5.41, 5.74) is 3.16. The molecule has 0 bridgehead atoms. The van der Waals surface area contributed by atoms with E-state index in [0.717, 1.165) is 22.2 Å². The predicted octanol–water partition coefficient (Wildman–Crippen LogP) is 4.96. The number of furan rings is 1. The monoisotopic (exact) mass is 299 g/mol. The molecule has 1 aromatic heterocycles. The van der Waals surface area contributed by atoms with Crippen molar-refractivity contribution in [1.82, 2.24) is 0 Å². The van der Waals surface area contributed by atoms with E-state index in [-0.39, 0.29) is 5.91 Å². The first-order chi connectivity index (χ1) is 10.1. The lowest BCUT2D eigenvalue weighted by molar-refractivity contribution is 0.0998. The summed E-state index contributed by atoms with van der Waals surface area (Å²) in [6.45, 7) is 3.83. The van der Waals surface area contributed by atoms with Gasteiger partial charge in [-0.2, -0.15) is 0 Å². The Morgan fingerprint density at radius 3 is 2.62 bits per heavy atom. The Hall–Kier alpha value is -2.26. The first kappa shape index (κ1) is 13.7. The maximum Gasteiger partial charge on any atom is 0.291 e. The fraction of sp³-hybridized carbons (Fsp3) is 0.118. The molecule has 0 saturated heterocycles. The van der Waals surface area contributed by atoms with E-state index in [1.807, 2.05) is 50.2 Å². The van der Waals surface area contributed by atoms with Crippen molar-refractivity contribution in [2.24, 2.45) is 0 Å². The highest BCUT2D eigenvalue weighted by atomic mass is 35.5. The molecular weight excluding hydrogens is 286 g/mol. The molecule has 0 saturated carbocycles. The summed E-state index contributed by atoms with van der Waals surface area (Å²) in [6, 6.07) is 13.1. The van der Waals surface area contributed by atoms with E-state index in [0.29, 0.717) is 16.4 Å². The smallest absolute Gasteiger partial charge is 0.291 e. The van der Waals surface area contributed by atoms with Gasteiger partial charge in [0.2, 0.25) is 0 Å². The minimum Gasteiger partial charge on any atom is -0.449 e. The van der Waals surface area contributed by atoms with Crippen LogP contribution in [0.15, 0.2) is 46.9 Å². The second-order valence-corrected chi connectivity index (χ2v) is 5.40. The summed E-state index contributed by atoms with van der Waals surface area (Å²) in [5, 5.41) is 4.21. The largest absolute Gasteiger partial charge is 0.449 e. The molecule has 0 spiro atoms. The van der Waals surface area contributed by atoms with Crippen molar-refractivity contribution in [1.29, 1.82) is 0 Å². The van der Waals surface area contributed by atoms with Gasteiger partial charge >= 0.3 is 0 Å². The van der Waals surface area contributed by atoms with Crippen LogP contribution in [0, 0.1) is 13.8 Å². The van der Waals surface area contributed by atoms with E-state index in [2.05, 4.69) is 5.32 Å². The maximum absolute atomic E-state index is 12.4. The number of hydrogen-bond acceptors (Lipinski definition) is 2. The lowest BCUT2D eigenvalue weighted by atomic mass is 10.1. The van der Waals surface area contributed by atoms with Crippen LogP contribution in [0.2, 0.25) is 5.02 Å². The summed E-state index contributed by atoms with van der Waals surface area (Å²) in [6.07, 6.45) is 0. The number of rotatable bonds is 2. The number of anilines is 1. The van der Waals surface area contributed by atoms with Crippen molar-refractivity contribution >= 4 is 34.2 Å². The fourth-order valence-corrected chi connectivity index (χ4v) is 2.55. The Balaban J connectivity index is 1.98. The highest BCUT2D eigenvalue weighted by molar-refractivity contribution is 6.35. The molecule has 3 rings (SSSR count). The van der Waals surface area contributed by atoms with Gasteiger partial charge in [-0.15, -0.1) is 0 Å². The van der Waals surface area contributed by atoms with Crippen molar-refractivity contribution < 1.29 is 9.21 Å². The minimum absolute atomic E-state index is 0.273. The first-order valence-electron chi connectivity index (χ1n) is 6.62. The van der Waals surface area contributed by atoms with Gasteiger partial charge in [-0.3, -0.25) is 4.79 Å². The third-order valence-electron chi connectivity index (χ3n) is 3.40. The van der Waals surface area contributed by atoms with Gasteiger partial charge < -0.3 is 9.73 Å². The van der Waals surface area contributed by atoms with Crippen LogP contribution in [-0.4, -0.2) is 5.91 Å². The summed E-state index contributed by atoms with van der Waals surface area (Å²) in [4.78, 5) is 12.4. The molecule has 0 aliphatic rings. The molecule has 0 atom stereocenters. The van der Waals surface area contributed by atoms with Crippen LogP contribution in [0.25, 0.3) is 11.0 Å². The Kier molecular flexibility index (Phi) is 3.43. The topological polar surface area (TPSA) is 42.2 Å². The van der Waals surface area contributed by atoms with Crippen molar-refractivity contribution in [3.05, 3.63) is 64.4 Å². The number of carbonyl (C=O) groups excluding carboxylic acids is 1. The molecular formula is C17H14ClNO2. The first-order valence-corrected chi connectivity index (χ1v) is 6.99. The number of nitrogens with one attached hydrogen (secondary N) is 1. The van der Waals surface area contributed by atoms with Crippen LogP contribution in [0.4, 0.5) is 5.69 Å². The molecule has 4 heteroatoms. The molecule has 0 radical (unpaired) electrons. The average molecular weight is 300 g/mol. The van der Waals surface area contributed by atoms with Gasteiger partial charge in [-0.1, -0.05) is 35.9 Å². The van der Waals surface area contributed by atoms with Gasteiger partial charge in [0, 0.05) is 16.6 Å². The van der Waals surface area contributed by atoms with E-state index in [9.17, 15) is 4.79 Å². The van der Waals surface area contributed by atoms with Crippen molar-refractivity contribution in [3.63, 3.8) is 0 Å². The van der Waals surface area contributed by atoms with Crippen molar-refractivity contribution in [2.75, 3.05) is 5.32 Å². The zero-order chi connectivity index (χ0) is 15.0. The van der Waals surface area contributed by atoms with Gasteiger partial charge in [0.15, 0.2) is 11.3 Å². The van der Waals surface area contributed by atoms with E-state index in [1.54, 1.807) is 6.07 Å². The Bertz CT molecular complexity index is 836. The molecule has 106 valence electrons. The zero-order valence-corrected chi connectivity index (χ0v) is 12.5. The number of aryl methyl sites for hydroxylation is 2. The summed E-state index contributed by atoms with van der Waals surface area (Å²) >= 11 is 6.10. The van der Waals surface area contributed by atoms with Crippen molar-refractivity contribution in [3.8, 4) is 0 Å². The molecule has 1 heterocycles. The number of benzene rings is 2. The second-order valence-electron chi connectivity index (χ2n) is 5.00. The quantitative estimate of drug-likeness (QED) is 0.727. The normalized spacial score (nSPS) is 10.8. The van der Waals surface area contributed by atoms with Gasteiger partial charge in [0.1, 0.15) is 0 Å². The van der Waals surface area contributed by atoms with E-state index in [1.165, 1.54) is 0 Å². The molecule has 0 fully saturated rings. The molecule has 3 aromatic rings. The van der Waals surface area contributed by atoms with Crippen molar-refractivity contribution in [2.45, 2.75) is 13.8 Å². The van der Waals surface area contributed by atoms with Crippen LogP contribution in [0.3, 0.4) is 0 Å². The molecule has 21 heavy (non-hydrogen) atoms. The van der Waals surface area contributed by atoms with Gasteiger partial charge in [0.05, 0.1) is 5.02 Å². The lowest BCUT2D eigenvalue weighted by Gasteiger charge is -2.04. The predicted molar refractivity (Wildman–Crippen MR) is 85.1 cm³/mol. The molecule has 1 N–H and O–H groups in total. The van der Waals surface area contributed by atoms with Gasteiger partial charge in [-0.25, -0.2) is 0 Å². The summed E-state index contributed by atoms with van der Waals surface area (Å²) in [7, 11) is 0. The number of hydrogen-bond donors (Lipinski definition) is 1. The number of amides is 1. The molecule has 1 amide bonds. The highest BCUT2D eigenvalue weighted by Crippen LogP contribution is 2.31. The van der Waals surface area contributed by atoms with E-state index in [4.69, 9.17) is 16.0 Å². The number of para-hydroxylation sites is 1. The van der Waals surface area contributed by atoms with Gasteiger partial charge in [-0.05, 0) is 37.6 Å².